The average molecular weight is 591 g/mol. The maximum Gasteiger partial charge on any atom is 0.138 e. The van der Waals surface area contributed by atoms with E-state index >= 15 is 0 Å². The van der Waals surface area contributed by atoms with Crippen molar-refractivity contribution in [2.75, 3.05) is 36.5 Å². The van der Waals surface area contributed by atoms with Crippen molar-refractivity contribution in [2.45, 2.75) is 50.9 Å². The van der Waals surface area contributed by atoms with E-state index in [0.717, 1.165) is 70.9 Å². The first kappa shape index (κ1) is 28.0. The molecule has 0 N–H and O–H groups in total. The van der Waals surface area contributed by atoms with Crippen LogP contribution in [-0.2, 0) is 14.5 Å². The third kappa shape index (κ3) is 5.82. The van der Waals surface area contributed by atoms with Gasteiger partial charge in [0.05, 0.1) is 22.1 Å². The van der Waals surface area contributed by atoms with Crippen molar-refractivity contribution >= 4 is 32.5 Å². The van der Waals surface area contributed by atoms with Crippen LogP contribution in [0, 0.1) is 28.5 Å². The molecular weight excluding hydrogens is 556 g/mol. The number of benzene rings is 2. The molecule has 3 aromatic rings. The molecule has 0 bridgehead atoms. The normalized spacial score (nSPS) is 23.0. The van der Waals surface area contributed by atoms with Gasteiger partial charge in [0.2, 0.25) is 0 Å². The first-order valence-electron chi connectivity index (χ1n) is 14.5. The molecule has 0 radical (unpaired) electrons. The number of Topliss-reactive ketones (excluding diaryl/α,β-unsaturated/α-hetero) is 1. The van der Waals surface area contributed by atoms with E-state index in [1.165, 1.54) is 12.1 Å². The zero-order valence-corrected chi connectivity index (χ0v) is 25.0. The fourth-order valence-corrected chi connectivity index (χ4v) is 9.00. The lowest BCUT2D eigenvalue weighted by atomic mass is 9.73. The van der Waals surface area contributed by atoms with Gasteiger partial charge in [0, 0.05) is 70.9 Å². The van der Waals surface area contributed by atoms with Crippen LogP contribution in [0.4, 0.5) is 10.1 Å². The van der Waals surface area contributed by atoms with Crippen LogP contribution >= 0.6 is 11.3 Å². The number of anilines is 1. The minimum atomic E-state index is -2.08. The Hall–Kier alpha value is -3.09. The van der Waals surface area contributed by atoms with Crippen molar-refractivity contribution in [3.05, 3.63) is 60.0 Å². The fraction of sp³-hybridized carbons (Fsp3) is 0.469. The molecule has 3 fully saturated rings. The van der Waals surface area contributed by atoms with Gasteiger partial charge in [0.15, 0.2) is 0 Å². The number of rotatable bonds is 7. The Labute approximate surface area is 245 Å². The Morgan fingerprint density at radius 3 is 2.39 bits per heavy atom. The molecule has 214 valence electrons. The van der Waals surface area contributed by atoms with Crippen LogP contribution in [0.5, 0.6) is 0 Å². The summed E-state index contributed by atoms with van der Waals surface area (Å²) in [6.45, 7) is 1.43. The molecule has 1 saturated heterocycles. The van der Waals surface area contributed by atoms with Gasteiger partial charge in [0.1, 0.15) is 16.6 Å². The van der Waals surface area contributed by atoms with Crippen molar-refractivity contribution in [1.29, 1.82) is 5.26 Å². The van der Waals surface area contributed by atoms with Crippen LogP contribution < -0.4 is 4.90 Å². The molecule has 1 aromatic heterocycles. The summed E-state index contributed by atoms with van der Waals surface area (Å²) in [5, 5.41) is 10.4. The number of nitrogens with zero attached hydrogens (tertiary/aromatic N) is 4. The molecule has 1 aliphatic heterocycles. The second kappa shape index (κ2) is 11.3. The highest BCUT2D eigenvalue weighted by atomic mass is 32.2. The largest absolute Gasteiger partial charge is 0.370 e. The molecule has 2 atom stereocenters. The van der Waals surface area contributed by atoms with Gasteiger partial charge in [-0.2, -0.15) is 5.26 Å². The van der Waals surface area contributed by atoms with Gasteiger partial charge in [-0.25, -0.2) is 17.9 Å². The van der Waals surface area contributed by atoms with Crippen LogP contribution in [0.1, 0.15) is 56.6 Å². The van der Waals surface area contributed by atoms with E-state index in [2.05, 4.69) is 39.6 Å². The molecule has 0 spiro atoms. The molecule has 2 saturated carbocycles. The minimum absolute atomic E-state index is 0.00101. The van der Waals surface area contributed by atoms with Gasteiger partial charge < -0.3 is 4.90 Å². The van der Waals surface area contributed by atoms with Crippen LogP contribution in [-0.4, -0.2) is 46.6 Å². The van der Waals surface area contributed by atoms with Gasteiger partial charge in [-0.05, 0) is 67.6 Å². The summed E-state index contributed by atoms with van der Waals surface area (Å²) in [6.07, 6.45) is 5.75. The van der Waals surface area contributed by atoms with Crippen molar-refractivity contribution in [2.24, 2.45) is 15.7 Å². The Kier molecular flexibility index (Phi) is 7.73. The van der Waals surface area contributed by atoms with Gasteiger partial charge in [-0.15, -0.1) is 11.3 Å². The van der Waals surface area contributed by atoms with Crippen molar-refractivity contribution in [3.8, 4) is 27.1 Å². The lowest BCUT2D eigenvalue weighted by Gasteiger charge is -2.31. The number of nitriles is 1. The third-order valence-electron chi connectivity index (χ3n) is 9.07. The second-order valence-corrected chi connectivity index (χ2v) is 15.4. The lowest BCUT2D eigenvalue weighted by Crippen LogP contribution is -2.40. The highest BCUT2D eigenvalue weighted by molar-refractivity contribution is 7.93. The zero-order chi connectivity index (χ0) is 28.6. The van der Waals surface area contributed by atoms with Crippen LogP contribution in [0.3, 0.4) is 0 Å². The van der Waals surface area contributed by atoms with E-state index in [1.807, 2.05) is 0 Å². The van der Waals surface area contributed by atoms with E-state index in [9.17, 15) is 18.7 Å². The summed E-state index contributed by atoms with van der Waals surface area (Å²) in [7, 11) is -0.428. The van der Waals surface area contributed by atoms with Crippen LogP contribution in [0.25, 0.3) is 21.0 Å². The molecule has 3 aliphatic rings. The maximum atomic E-state index is 13.7. The number of halogens is 1. The lowest BCUT2D eigenvalue weighted by molar-refractivity contribution is -0.125. The molecule has 2 aliphatic carbocycles. The number of hydrogen-bond acceptors (Lipinski definition) is 7. The number of ketones is 1. The predicted molar refractivity (Wildman–Crippen MR) is 163 cm³/mol. The Morgan fingerprint density at radius 1 is 1.10 bits per heavy atom. The van der Waals surface area contributed by atoms with Crippen molar-refractivity contribution in [1.82, 2.24) is 4.98 Å². The molecule has 6 nitrogen and oxygen atoms in total. The highest BCUT2D eigenvalue weighted by Gasteiger charge is 2.47. The van der Waals surface area contributed by atoms with Gasteiger partial charge in [0.25, 0.3) is 0 Å². The van der Waals surface area contributed by atoms with Crippen molar-refractivity contribution < 1.29 is 13.4 Å². The smallest absolute Gasteiger partial charge is 0.138 e. The number of aromatic nitrogens is 1. The van der Waals surface area contributed by atoms with Gasteiger partial charge in [-0.3, -0.25) is 4.79 Å². The second-order valence-electron chi connectivity index (χ2n) is 11.7. The topological polar surface area (TPSA) is 86.4 Å². The summed E-state index contributed by atoms with van der Waals surface area (Å²) in [4.78, 5) is 22.0. The molecule has 0 amide bonds. The average Bonchev–Trinajstić information content (AvgIpc) is 3.64. The first-order valence-corrected chi connectivity index (χ1v) is 17.2. The minimum Gasteiger partial charge on any atom is -0.370 e. The standard InChI is InChI=1S/C32H35FN4O2S2/c1-35-41(39)18-16-37(17-19-41)25-12-8-22(9-13-25)30-29(36-31(40-30)23-6-10-24(33)11-7-23)27-5-3-2-4-26(27)28(38)20-32(21-34)14-15-32/h6-13,26-27H,2-5,14-20H2,1H3/t26-,27-/m1/s1. The third-order valence-corrected chi connectivity index (χ3v) is 12.5. The Balaban J connectivity index is 1.33. The highest BCUT2D eigenvalue weighted by Crippen LogP contribution is 2.51. The van der Waals surface area contributed by atoms with E-state index in [4.69, 9.17) is 4.98 Å². The monoisotopic (exact) mass is 590 g/mol. The fourth-order valence-electron chi connectivity index (χ4n) is 6.28. The molecule has 9 heteroatoms. The maximum absolute atomic E-state index is 13.7. The number of hydrogen-bond donors (Lipinski definition) is 0. The number of carbonyl (C=O) groups excluding carboxylic acids is 1. The van der Waals surface area contributed by atoms with Crippen LogP contribution in [0.15, 0.2) is 52.9 Å². The van der Waals surface area contributed by atoms with E-state index in [-0.39, 0.29) is 23.4 Å². The summed E-state index contributed by atoms with van der Waals surface area (Å²) < 4.78 is 30.5. The van der Waals surface area contributed by atoms with Gasteiger partial charge in [-0.1, -0.05) is 25.0 Å². The van der Waals surface area contributed by atoms with Crippen LogP contribution in [0.2, 0.25) is 0 Å². The summed E-state index contributed by atoms with van der Waals surface area (Å²) in [6, 6.07) is 17.3. The SMILES string of the molecule is CN=S1(=O)CCN(c2ccc(-c3sc(-c4ccc(F)cc4)nc3[C@@H]3CCCC[C@H]3C(=O)CC3(C#N)CC3)cc2)CC1. The van der Waals surface area contributed by atoms with Crippen molar-refractivity contribution in [3.63, 3.8) is 0 Å². The quantitative estimate of drug-likeness (QED) is 0.294. The molecule has 41 heavy (non-hydrogen) atoms. The first-order chi connectivity index (χ1) is 19.8. The molecule has 6 rings (SSSR count). The Morgan fingerprint density at radius 2 is 1.76 bits per heavy atom. The number of thiazole rings is 1. The molecule has 0 unspecified atom stereocenters. The number of carbonyl (C=O) groups is 1. The molecule has 2 heterocycles. The summed E-state index contributed by atoms with van der Waals surface area (Å²) >= 11 is 1.59. The molecular formula is C32H35FN4O2S2. The van der Waals surface area contributed by atoms with E-state index < -0.39 is 15.1 Å². The predicted octanol–water partition coefficient (Wildman–Crippen LogP) is 7.07. The Bertz CT molecular complexity index is 1580. The molecule has 2 aromatic carbocycles. The summed E-state index contributed by atoms with van der Waals surface area (Å²) in [5.41, 5.74) is 3.49. The zero-order valence-electron chi connectivity index (χ0n) is 23.4. The van der Waals surface area contributed by atoms with E-state index in [1.54, 1.807) is 30.5 Å². The summed E-state index contributed by atoms with van der Waals surface area (Å²) in [5.74, 6) is 0.936. The van der Waals surface area contributed by atoms with Gasteiger partial charge >= 0.3 is 0 Å². The van der Waals surface area contributed by atoms with E-state index in [0.29, 0.717) is 31.0 Å².